The van der Waals surface area contributed by atoms with Gasteiger partial charge in [0.2, 0.25) is 9.84 Å². The largest absolute Gasteiger partial charge is 0.372 e. The van der Waals surface area contributed by atoms with Gasteiger partial charge in [0.1, 0.15) is 0 Å². The molecule has 0 amide bonds. The minimum atomic E-state index is -3.50. The van der Waals surface area contributed by atoms with E-state index in [0.717, 1.165) is 24.3 Å². The van der Waals surface area contributed by atoms with Gasteiger partial charge in [0.05, 0.1) is 16.1 Å². The molecule has 0 spiro atoms. The van der Waals surface area contributed by atoms with Gasteiger partial charge in [-0.15, -0.1) is 0 Å². The van der Waals surface area contributed by atoms with Crippen LogP contribution in [0.5, 0.6) is 0 Å². The zero-order valence-corrected chi connectivity index (χ0v) is 15.3. The average Bonchev–Trinajstić information content (AvgIpc) is 3.36. The molecule has 1 fully saturated rings. The quantitative estimate of drug-likeness (QED) is 0.694. The highest BCUT2D eigenvalue weighted by atomic mass is 32.2. The molecule has 6 heteroatoms. The highest BCUT2D eigenvalue weighted by Gasteiger charge is 2.19. The zero-order valence-electron chi connectivity index (χ0n) is 14.5. The van der Waals surface area contributed by atoms with Crippen LogP contribution in [0.15, 0.2) is 77.0 Å². The Labute approximate surface area is 153 Å². The van der Waals surface area contributed by atoms with Gasteiger partial charge in [-0.05, 0) is 54.8 Å². The van der Waals surface area contributed by atoms with E-state index in [9.17, 15) is 8.42 Å². The maximum atomic E-state index is 12.9. The summed E-state index contributed by atoms with van der Waals surface area (Å²) in [6.45, 7) is 2.76. The van der Waals surface area contributed by atoms with Crippen LogP contribution in [0.3, 0.4) is 0 Å². The molecule has 0 bridgehead atoms. The van der Waals surface area contributed by atoms with Crippen LogP contribution in [0.2, 0.25) is 0 Å². The predicted molar refractivity (Wildman–Crippen MR) is 101 cm³/mol. The Hall–Kier alpha value is -2.60. The minimum Gasteiger partial charge on any atom is -0.372 e. The molecule has 1 saturated heterocycles. The Balaban J connectivity index is 1.53. The average molecular weight is 367 g/mol. The van der Waals surface area contributed by atoms with Crippen molar-refractivity contribution in [3.8, 4) is 0 Å². The van der Waals surface area contributed by atoms with Crippen LogP contribution in [-0.4, -0.2) is 31.1 Å². The van der Waals surface area contributed by atoms with E-state index in [0.29, 0.717) is 16.3 Å². The van der Waals surface area contributed by atoms with Crippen LogP contribution >= 0.6 is 0 Å². The number of aromatic nitrogens is 2. The summed E-state index contributed by atoms with van der Waals surface area (Å²) in [5, 5.41) is 0. The summed E-state index contributed by atoms with van der Waals surface area (Å²) >= 11 is 0. The molecule has 0 atom stereocenters. The molecule has 1 aliphatic rings. The van der Waals surface area contributed by atoms with Crippen molar-refractivity contribution in [1.29, 1.82) is 0 Å². The summed E-state index contributed by atoms with van der Waals surface area (Å²) in [4.78, 5) is 6.96. The second-order valence-electron chi connectivity index (χ2n) is 6.57. The van der Waals surface area contributed by atoms with Crippen LogP contribution in [0.4, 0.5) is 5.69 Å². The lowest BCUT2D eigenvalue weighted by Crippen LogP contribution is -2.17. The van der Waals surface area contributed by atoms with Crippen molar-refractivity contribution in [2.24, 2.45) is 0 Å². The highest BCUT2D eigenvalue weighted by molar-refractivity contribution is 7.91. The molecular formula is C20H21N3O2S. The lowest BCUT2D eigenvalue weighted by Gasteiger charge is -2.17. The molecule has 0 unspecified atom stereocenters. The van der Waals surface area contributed by atoms with Crippen LogP contribution in [0.1, 0.15) is 18.4 Å². The van der Waals surface area contributed by atoms with Crippen molar-refractivity contribution in [2.45, 2.75) is 29.2 Å². The first kappa shape index (κ1) is 16.8. The lowest BCUT2D eigenvalue weighted by molar-refractivity contribution is 0.596. The number of hydrogen-bond acceptors (Lipinski definition) is 4. The maximum Gasteiger partial charge on any atom is 0.206 e. The fourth-order valence-electron chi connectivity index (χ4n) is 3.31. The number of benzene rings is 2. The Morgan fingerprint density at radius 1 is 0.885 bits per heavy atom. The Bertz CT molecular complexity index is 957. The van der Waals surface area contributed by atoms with Crippen molar-refractivity contribution >= 4 is 15.5 Å². The maximum absolute atomic E-state index is 12.9. The summed E-state index contributed by atoms with van der Waals surface area (Å²) < 4.78 is 27.7. The summed E-state index contributed by atoms with van der Waals surface area (Å²) in [6.07, 6.45) is 7.75. The normalized spacial score (nSPS) is 14.7. The molecule has 4 rings (SSSR count). The Morgan fingerprint density at radius 3 is 2.08 bits per heavy atom. The molecule has 3 aromatic rings. The standard InChI is InChI=1S/C20H21N3O2S/c24-26(25,20-9-5-18(6-10-20)23-12-1-2-13-23)19-7-3-17(4-8-19)15-22-14-11-21-16-22/h3-11,14,16H,1-2,12-13,15H2. The topological polar surface area (TPSA) is 55.2 Å². The number of imidazole rings is 1. The van der Waals surface area contributed by atoms with Crippen LogP contribution in [-0.2, 0) is 16.4 Å². The third kappa shape index (κ3) is 3.37. The second-order valence-corrected chi connectivity index (χ2v) is 8.52. The second kappa shape index (κ2) is 6.96. The van der Waals surface area contributed by atoms with Gasteiger partial charge in [-0.3, -0.25) is 0 Å². The van der Waals surface area contributed by atoms with E-state index in [1.807, 2.05) is 35.0 Å². The minimum absolute atomic E-state index is 0.320. The number of sulfone groups is 1. The van der Waals surface area contributed by atoms with Crippen LogP contribution < -0.4 is 4.90 Å². The molecule has 0 radical (unpaired) electrons. The van der Waals surface area contributed by atoms with E-state index >= 15 is 0 Å². The molecule has 2 heterocycles. The first-order chi connectivity index (χ1) is 12.6. The van der Waals surface area contributed by atoms with Gasteiger partial charge in [-0.1, -0.05) is 12.1 Å². The van der Waals surface area contributed by atoms with Gasteiger partial charge < -0.3 is 9.47 Å². The molecule has 5 nitrogen and oxygen atoms in total. The highest BCUT2D eigenvalue weighted by Crippen LogP contribution is 2.25. The SMILES string of the molecule is O=S(=O)(c1ccc(Cn2ccnc2)cc1)c1ccc(N2CCCC2)cc1. The summed E-state index contributed by atoms with van der Waals surface area (Å²) in [6, 6.07) is 14.3. The smallest absolute Gasteiger partial charge is 0.206 e. The molecule has 2 aromatic carbocycles. The summed E-state index contributed by atoms with van der Waals surface area (Å²) in [5.41, 5.74) is 2.13. The van der Waals surface area contributed by atoms with E-state index in [1.54, 1.807) is 36.8 Å². The van der Waals surface area contributed by atoms with Crippen molar-refractivity contribution < 1.29 is 8.42 Å². The number of hydrogen-bond donors (Lipinski definition) is 0. The van der Waals surface area contributed by atoms with Gasteiger partial charge >= 0.3 is 0 Å². The Morgan fingerprint density at radius 2 is 1.50 bits per heavy atom. The van der Waals surface area contributed by atoms with Gasteiger partial charge in [0, 0.05) is 37.7 Å². The third-order valence-corrected chi connectivity index (χ3v) is 6.56. The van der Waals surface area contributed by atoms with E-state index in [2.05, 4.69) is 9.88 Å². The first-order valence-electron chi connectivity index (χ1n) is 8.78. The number of rotatable bonds is 5. The van der Waals surface area contributed by atoms with Gasteiger partial charge in [0.25, 0.3) is 0 Å². The van der Waals surface area contributed by atoms with Crippen molar-refractivity contribution in [2.75, 3.05) is 18.0 Å². The molecule has 26 heavy (non-hydrogen) atoms. The fraction of sp³-hybridized carbons (Fsp3) is 0.250. The molecule has 1 aliphatic heterocycles. The monoisotopic (exact) mass is 367 g/mol. The van der Waals surface area contributed by atoms with Crippen LogP contribution in [0.25, 0.3) is 0 Å². The fourth-order valence-corrected chi connectivity index (χ4v) is 4.57. The van der Waals surface area contributed by atoms with E-state index in [4.69, 9.17) is 0 Å². The number of nitrogens with zero attached hydrogens (tertiary/aromatic N) is 3. The number of anilines is 1. The van der Waals surface area contributed by atoms with Gasteiger partial charge in [0.15, 0.2) is 0 Å². The molecule has 0 N–H and O–H groups in total. The third-order valence-electron chi connectivity index (χ3n) is 4.78. The lowest BCUT2D eigenvalue weighted by atomic mass is 10.2. The summed E-state index contributed by atoms with van der Waals surface area (Å²) in [5.74, 6) is 0. The molecule has 134 valence electrons. The van der Waals surface area contributed by atoms with E-state index in [1.165, 1.54) is 12.8 Å². The van der Waals surface area contributed by atoms with Crippen molar-refractivity contribution in [3.05, 3.63) is 72.8 Å². The van der Waals surface area contributed by atoms with Crippen molar-refractivity contribution in [1.82, 2.24) is 9.55 Å². The first-order valence-corrected chi connectivity index (χ1v) is 10.3. The van der Waals surface area contributed by atoms with Crippen LogP contribution in [0, 0.1) is 0 Å². The van der Waals surface area contributed by atoms with Gasteiger partial charge in [-0.25, -0.2) is 13.4 Å². The zero-order chi connectivity index (χ0) is 18.0. The molecule has 0 saturated carbocycles. The van der Waals surface area contributed by atoms with Gasteiger partial charge in [-0.2, -0.15) is 0 Å². The molecule has 0 aliphatic carbocycles. The summed E-state index contributed by atoms with van der Waals surface area (Å²) in [7, 11) is -3.50. The van der Waals surface area contributed by atoms with E-state index < -0.39 is 9.84 Å². The predicted octanol–water partition coefficient (Wildman–Crippen LogP) is 3.36. The molecular weight excluding hydrogens is 346 g/mol. The molecule has 1 aromatic heterocycles. The van der Waals surface area contributed by atoms with Crippen molar-refractivity contribution in [3.63, 3.8) is 0 Å². The van der Waals surface area contributed by atoms with E-state index in [-0.39, 0.29) is 0 Å². The Kier molecular flexibility index (Phi) is 4.51.